The Bertz CT molecular complexity index is 458. The van der Waals surface area contributed by atoms with E-state index in [-0.39, 0.29) is 5.92 Å². The fraction of sp³-hybridized carbons (Fsp3) is 0.846. The van der Waals surface area contributed by atoms with Crippen LogP contribution in [0.4, 0.5) is 0 Å². The molecule has 2 heterocycles. The fourth-order valence-corrected chi connectivity index (χ4v) is 3.49. The van der Waals surface area contributed by atoms with Crippen LogP contribution >= 0.6 is 0 Å². The van der Waals surface area contributed by atoms with Crippen molar-refractivity contribution < 1.29 is 4.79 Å². The summed E-state index contributed by atoms with van der Waals surface area (Å²) in [6, 6.07) is 0.400. The molecule has 1 saturated carbocycles. The average Bonchev–Trinajstić information content (AvgIpc) is 3.00. The third-order valence-corrected chi connectivity index (χ3v) is 4.37. The molecule has 2 atom stereocenters. The second-order valence-electron chi connectivity index (χ2n) is 5.69. The second kappa shape index (κ2) is 5.36. The molecule has 1 saturated heterocycles. The smallest absolute Gasteiger partial charge is 0.188 e. The molecule has 0 aromatic carbocycles. The lowest BCUT2D eigenvalue weighted by atomic mass is 9.82. The van der Waals surface area contributed by atoms with Gasteiger partial charge in [-0.1, -0.05) is 6.42 Å². The number of carbonyl (C=O) groups excluding carboxylic acids is 1. The van der Waals surface area contributed by atoms with Crippen LogP contribution in [0.3, 0.4) is 0 Å². The lowest BCUT2D eigenvalue weighted by Crippen LogP contribution is -2.40. The van der Waals surface area contributed by atoms with Gasteiger partial charge in [-0.05, 0) is 37.4 Å². The summed E-state index contributed by atoms with van der Waals surface area (Å²) in [5.74, 6) is 1.47. The fourth-order valence-electron chi connectivity index (χ4n) is 3.49. The second-order valence-corrected chi connectivity index (χ2v) is 5.69. The monoisotopic (exact) mass is 263 g/mol. The Morgan fingerprint density at radius 1 is 1.26 bits per heavy atom. The van der Waals surface area contributed by atoms with Gasteiger partial charge in [0.15, 0.2) is 5.82 Å². The van der Waals surface area contributed by atoms with Gasteiger partial charge in [0.2, 0.25) is 0 Å². The highest BCUT2D eigenvalue weighted by atomic mass is 16.1. The van der Waals surface area contributed by atoms with E-state index in [2.05, 4.69) is 20.3 Å². The van der Waals surface area contributed by atoms with Crippen LogP contribution in [0.15, 0.2) is 0 Å². The number of Topliss-reactive ketones (excluding diaryl/α,β-unsaturated/α-hetero) is 1. The number of likely N-dealkylation sites (tertiary alicyclic amines) is 1. The van der Waals surface area contributed by atoms with Crippen molar-refractivity contribution in [1.29, 1.82) is 0 Å². The predicted octanol–water partition coefficient (Wildman–Crippen LogP) is 0.934. The van der Waals surface area contributed by atoms with Crippen molar-refractivity contribution in [3.63, 3.8) is 0 Å². The number of tetrazole rings is 1. The number of ketones is 1. The van der Waals surface area contributed by atoms with Crippen molar-refractivity contribution >= 4 is 5.78 Å². The van der Waals surface area contributed by atoms with E-state index in [1.54, 1.807) is 7.05 Å². The summed E-state index contributed by atoms with van der Waals surface area (Å²) in [5.41, 5.74) is 0. The minimum atomic E-state index is 0.243. The van der Waals surface area contributed by atoms with Crippen LogP contribution in [0, 0.1) is 5.92 Å². The van der Waals surface area contributed by atoms with Crippen LogP contribution in [0.2, 0.25) is 0 Å². The van der Waals surface area contributed by atoms with E-state index >= 15 is 0 Å². The van der Waals surface area contributed by atoms with Crippen molar-refractivity contribution in [2.45, 2.75) is 51.1 Å². The molecule has 6 nitrogen and oxygen atoms in total. The summed E-state index contributed by atoms with van der Waals surface area (Å²) in [6.45, 7) is 1.77. The summed E-state index contributed by atoms with van der Waals surface area (Å²) >= 11 is 0. The molecule has 0 amide bonds. The van der Waals surface area contributed by atoms with Gasteiger partial charge in [-0.25, -0.2) is 0 Å². The Morgan fingerprint density at radius 2 is 2.16 bits per heavy atom. The van der Waals surface area contributed by atoms with Crippen LogP contribution in [-0.2, 0) is 18.4 Å². The quantitative estimate of drug-likeness (QED) is 0.812. The maximum atomic E-state index is 12.1. The van der Waals surface area contributed by atoms with Gasteiger partial charge in [0.1, 0.15) is 5.78 Å². The zero-order valence-corrected chi connectivity index (χ0v) is 11.5. The number of carbonyl (C=O) groups is 1. The Kier molecular flexibility index (Phi) is 3.59. The zero-order chi connectivity index (χ0) is 13.2. The predicted molar refractivity (Wildman–Crippen MR) is 69.2 cm³/mol. The number of aryl methyl sites for hydroxylation is 1. The van der Waals surface area contributed by atoms with Gasteiger partial charge in [0.05, 0.1) is 13.6 Å². The molecular formula is C13H21N5O. The van der Waals surface area contributed by atoms with Gasteiger partial charge < -0.3 is 0 Å². The van der Waals surface area contributed by atoms with E-state index in [9.17, 15) is 4.79 Å². The summed E-state index contributed by atoms with van der Waals surface area (Å²) < 4.78 is 0. The molecule has 1 aliphatic carbocycles. The summed E-state index contributed by atoms with van der Waals surface area (Å²) in [4.78, 5) is 16.0. The van der Waals surface area contributed by atoms with Gasteiger partial charge in [0.25, 0.3) is 0 Å². The molecule has 19 heavy (non-hydrogen) atoms. The van der Waals surface area contributed by atoms with Crippen LogP contribution in [-0.4, -0.2) is 43.5 Å². The lowest BCUT2D eigenvalue weighted by molar-refractivity contribution is -0.126. The number of aromatic nitrogens is 4. The minimum Gasteiger partial charge on any atom is -0.299 e. The molecule has 1 aromatic rings. The first kappa shape index (κ1) is 12.7. The van der Waals surface area contributed by atoms with Crippen molar-refractivity contribution in [3.8, 4) is 0 Å². The van der Waals surface area contributed by atoms with Crippen molar-refractivity contribution in [2.75, 3.05) is 6.54 Å². The number of rotatable bonds is 3. The van der Waals surface area contributed by atoms with Gasteiger partial charge in [-0.3, -0.25) is 9.69 Å². The number of hydrogen-bond acceptors (Lipinski definition) is 5. The van der Waals surface area contributed by atoms with Crippen LogP contribution in [0.1, 0.15) is 44.3 Å². The molecule has 2 fully saturated rings. The number of hydrogen-bond donors (Lipinski definition) is 0. The molecule has 2 unspecified atom stereocenters. The van der Waals surface area contributed by atoms with Crippen molar-refractivity contribution in [3.05, 3.63) is 5.82 Å². The minimum absolute atomic E-state index is 0.243. The highest BCUT2D eigenvalue weighted by Gasteiger charge is 2.37. The average molecular weight is 263 g/mol. The van der Waals surface area contributed by atoms with Crippen LogP contribution in [0.25, 0.3) is 0 Å². The molecule has 104 valence electrons. The molecule has 2 aliphatic rings. The molecule has 3 rings (SSSR count). The Balaban J connectivity index is 1.68. The Hall–Kier alpha value is -1.30. The van der Waals surface area contributed by atoms with Gasteiger partial charge in [0, 0.05) is 18.4 Å². The maximum absolute atomic E-state index is 12.1. The maximum Gasteiger partial charge on any atom is 0.188 e. The van der Waals surface area contributed by atoms with Crippen molar-refractivity contribution in [2.24, 2.45) is 13.0 Å². The standard InChI is InChI=1S/C13H21N5O/c1-17-15-13(14-16-17)9-18-8-4-6-11(18)10-5-2-3-7-12(10)19/h10-11H,2-9H2,1H3. The SMILES string of the molecule is Cn1nnc(CN2CCCC2C2CCCCC2=O)n1. The molecular weight excluding hydrogens is 242 g/mol. The first-order chi connectivity index (χ1) is 9.24. The van der Waals surface area contributed by atoms with E-state index in [1.165, 1.54) is 17.6 Å². The largest absolute Gasteiger partial charge is 0.299 e. The molecule has 1 aliphatic heterocycles. The summed E-state index contributed by atoms with van der Waals surface area (Å²) in [7, 11) is 1.78. The van der Waals surface area contributed by atoms with E-state index in [1.807, 2.05) is 0 Å². The molecule has 0 spiro atoms. The van der Waals surface area contributed by atoms with E-state index < -0.39 is 0 Å². The first-order valence-electron chi connectivity index (χ1n) is 7.23. The third-order valence-electron chi connectivity index (χ3n) is 4.37. The summed E-state index contributed by atoms with van der Waals surface area (Å²) in [5, 5.41) is 12.2. The molecule has 0 bridgehead atoms. The molecule has 6 heteroatoms. The highest BCUT2D eigenvalue weighted by molar-refractivity contribution is 5.82. The molecule has 1 aromatic heterocycles. The highest BCUT2D eigenvalue weighted by Crippen LogP contribution is 2.32. The normalized spacial score (nSPS) is 29.0. The zero-order valence-electron chi connectivity index (χ0n) is 11.5. The Labute approximate surface area is 113 Å². The lowest BCUT2D eigenvalue weighted by Gasteiger charge is -2.32. The van der Waals surface area contributed by atoms with Crippen LogP contribution < -0.4 is 0 Å². The van der Waals surface area contributed by atoms with E-state index in [0.29, 0.717) is 11.8 Å². The molecule has 0 N–H and O–H groups in total. The molecule has 0 radical (unpaired) electrons. The van der Waals surface area contributed by atoms with Gasteiger partial charge in [-0.15, -0.1) is 10.2 Å². The van der Waals surface area contributed by atoms with Crippen LogP contribution in [0.5, 0.6) is 0 Å². The third kappa shape index (κ3) is 2.68. The first-order valence-corrected chi connectivity index (χ1v) is 7.23. The number of nitrogens with zero attached hydrogens (tertiary/aromatic N) is 5. The van der Waals surface area contributed by atoms with E-state index in [0.717, 1.165) is 44.6 Å². The summed E-state index contributed by atoms with van der Waals surface area (Å²) in [6.07, 6.45) is 6.43. The van der Waals surface area contributed by atoms with E-state index in [4.69, 9.17) is 0 Å². The van der Waals surface area contributed by atoms with Gasteiger partial charge >= 0.3 is 0 Å². The van der Waals surface area contributed by atoms with Crippen molar-refractivity contribution in [1.82, 2.24) is 25.1 Å². The topological polar surface area (TPSA) is 63.9 Å². The Morgan fingerprint density at radius 3 is 2.89 bits per heavy atom. The van der Waals surface area contributed by atoms with Gasteiger partial charge in [-0.2, -0.15) is 4.80 Å².